The van der Waals surface area contributed by atoms with Gasteiger partial charge in [-0.15, -0.1) is 0 Å². The molecule has 0 N–H and O–H groups in total. The molecule has 0 bridgehead atoms. The van der Waals surface area contributed by atoms with Crippen LogP contribution in [0.3, 0.4) is 0 Å². The molecule has 0 radical (unpaired) electrons. The quantitative estimate of drug-likeness (QED) is 0.620. The van der Waals surface area contributed by atoms with Crippen LogP contribution >= 0.6 is 27.7 Å². The number of nitrogens with zero attached hydrogens (tertiary/aromatic N) is 2. The molecule has 3 aromatic rings. The van der Waals surface area contributed by atoms with Gasteiger partial charge in [0.15, 0.2) is 0 Å². The fraction of sp³-hybridized carbons (Fsp3) is 0.176. The van der Waals surface area contributed by atoms with Gasteiger partial charge in [0.2, 0.25) is 0 Å². The summed E-state index contributed by atoms with van der Waals surface area (Å²) in [4.78, 5) is 18.5. The van der Waals surface area contributed by atoms with E-state index in [4.69, 9.17) is 0 Å². The maximum absolute atomic E-state index is 12.2. The second-order valence-corrected chi connectivity index (χ2v) is 7.15. The Bertz CT molecular complexity index is 934. The van der Waals surface area contributed by atoms with Crippen molar-refractivity contribution in [1.82, 2.24) is 9.55 Å². The van der Waals surface area contributed by atoms with Crippen LogP contribution in [0.2, 0.25) is 0 Å². The minimum atomic E-state index is 0.00308. The van der Waals surface area contributed by atoms with Crippen LogP contribution in [0.1, 0.15) is 11.1 Å². The Hall–Kier alpha value is -1.59. The number of pyridine rings is 2. The molecule has 0 aliphatic carbocycles. The number of benzene rings is 1. The van der Waals surface area contributed by atoms with E-state index in [0.29, 0.717) is 0 Å². The summed E-state index contributed by atoms with van der Waals surface area (Å²) in [5, 5.41) is 1.12. The number of aryl methyl sites for hydroxylation is 3. The minimum Gasteiger partial charge on any atom is -0.311 e. The number of rotatable bonds is 2. The summed E-state index contributed by atoms with van der Waals surface area (Å²) in [5.41, 5.74) is 3.26. The lowest BCUT2D eigenvalue weighted by Crippen LogP contribution is -2.16. The maximum atomic E-state index is 12.2. The Morgan fingerprint density at radius 1 is 1.14 bits per heavy atom. The third kappa shape index (κ3) is 2.71. The molecule has 0 atom stereocenters. The van der Waals surface area contributed by atoms with Crippen molar-refractivity contribution >= 4 is 38.6 Å². The van der Waals surface area contributed by atoms with Crippen LogP contribution in [0.25, 0.3) is 10.9 Å². The number of aromatic nitrogens is 2. The van der Waals surface area contributed by atoms with Crippen LogP contribution in [0.4, 0.5) is 0 Å². The van der Waals surface area contributed by atoms with Gasteiger partial charge in [-0.3, -0.25) is 4.79 Å². The molecule has 112 valence electrons. The Morgan fingerprint density at radius 3 is 2.64 bits per heavy atom. The molecule has 0 amide bonds. The van der Waals surface area contributed by atoms with Crippen molar-refractivity contribution < 1.29 is 0 Å². The average Bonchev–Trinajstić information content (AvgIpc) is 2.47. The molecule has 0 fully saturated rings. The van der Waals surface area contributed by atoms with Crippen LogP contribution < -0.4 is 5.56 Å². The number of hydrogen-bond acceptors (Lipinski definition) is 3. The van der Waals surface area contributed by atoms with E-state index in [1.54, 1.807) is 22.4 Å². The largest absolute Gasteiger partial charge is 0.311 e. The van der Waals surface area contributed by atoms with Crippen LogP contribution in [-0.2, 0) is 7.05 Å². The van der Waals surface area contributed by atoms with Crippen LogP contribution in [0.15, 0.2) is 55.7 Å². The summed E-state index contributed by atoms with van der Waals surface area (Å²) >= 11 is 4.97. The molecular weight excluding hydrogens is 360 g/mol. The maximum Gasteiger partial charge on any atom is 0.251 e. The fourth-order valence-corrected chi connectivity index (χ4v) is 4.00. The van der Waals surface area contributed by atoms with E-state index in [1.165, 1.54) is 5.56 Å². The lowest BCUT2D eigenvalue weighted by atomic mass is 10.1. The molecule has 0 saturated heterocycles. The molecule has 3 nitrogen and oxygen atoms in total. The average molecular weight is 375 g/mol. The Kier molecular flexibility index (Phi) is 4.10. The Balaban J connectivity index is 2.23. The van der Waals surface area contributed by atoms with Crippen LogP contribution in [-0.4, -0.2) is 9.55 Å². The summed E-state index contributed by atoms with van der Waals surface area (Å²) in [6.07, 6.45) is 1.84. The molecule has 2 aromatic heterocycles. The first-order valence-corrected chi connectivity index (χ1v) is 8.47. The van der Waals surface area contributed by atoms with E-state index >= 15 is 0 Å². The smallest absolute Gasteiger partial charge is 0.251 e. The summed E-state index contributed by atoms with van der Waals surface area (Å²) in [6.45, 7) is 4.12. The highest BCUT2D eigenvalue weighted by Crippen LogP contribution is 2.35. The third-order valence-electron chi connectivity index (χ3n) is 3.69. The van der Waals surface area contributed by atoms with Gasteiger partial charge in [0.05, 0.1) is 5.52 Å². The zero-order valence-corrected chi connectivity index (χ0v) is 15.0. The first kappa shape index (κ1) is 15.3. The Morgan fingerprint density at radius 2 is 1.91 bits per heavy atom. The zero-order chi connectivity index (χ0) is 15.9. The first-order valence-electron chi connectivity index (χ1n) is 6.86. The molecule has 0 saturated carbocycles. The van der Waals surface area contributed by atoms with E-state index in [-0.39, 0.29) is 5.56 Å². The highest BCUT2D eigenvalue weighted by molar-refractivity contribution is 9.10. The van der Waals surface area contributed by atoms with Crippen molar-refractivity contribution in [2.75, 3.05) is 0 Å². The number of hydrogen-bond donors (Lipinski definition) is 0. The normalized spacial score (nSPS) is 11.1. The van der Waals surface area contributed by atoms with Crippen molar-refractivity contribution in [2.45, 2.75) is 23.6 Å². The van der Waals surface area contributed by atoms with Gasteiger partial charge in [0, 0.05) is 34.5 Å². The van der Waals surface area contributed by atoms with Gasteiger partial charge in [0.25, 0.3) is 5.56 Å². The lowest BCUT2D eigenvalue weighted by Gasteiger charge is -2.13. The fourth-order valence-electron chi connectivity index (χ4n) is 2.47. The van der Waals surface area contributed by atoms with Gasteiger partial charge >= 0.3 is 0 Å². The SMILES string of the molecule is Cc1cc(Br)ncc1Sc1cc(=O)n(C)c2cccc(C)c12. The van der Waals surface area contributed by atoms with Gasteiger partial charge in [-0.2, -0.15) is 0 Å². The van der Waals surface area contributed by atoms with Crippen LogP contribution in [0.5, 0.6) is 0 Å². The molecule has 0 spiro atoms. The monoisotopic (exact) mass is 374 g/mol. The van der Waals surface area contributed by atoms with Gasteiger partial charge < -0.3 is 4.57 Å². The first-order chi connectivity index (χ1) is 10.5. The summed E-state index contributed by atoms with van der Waals surface area (Å²) in [5.74, 6) is 0. The molecule has 22 heavy (non-hydrogen) atoms. The van der Waals surface area contributed by atoms with Crippen molar-refractivity contribution in [3.05, 3.63) is 62.6 Å². The lowest BCUT2D eigenvalue weighted by molar-refractivity contribution is 0.897. The zero-order valence-electron chi connectivity index (χ0n) is 12.6. The van der Waals surface area contributed by atoms with Gasteiger partial charge in [0.1, 0.15) is 4.60 Å². The Labute approximate surface area is 141 Å². The number of halogens is 1. The molecule has 0 aliphatic heterocycles. The highest BCUT2D eigenvalue weighted by atomic mass is 79.9. The van der Waals surface area contributed by atoms with Gasteiger partial charge in [-0.05, 0) is 53.0 Å². The predicted octanol–water partition coefficient (Wildman–Crippen LogP) is 4.46. The summed E-state index contributed by atoms with van der Waals surface area (Å²) in [7, 11) is 1.81. The molecule has 3 rings (SSSR count). The molecule has 2 heterocycles. The number of fused-ring (bicyclic) bond motifs is 1. The van der Waals surface area contributed by atoms with E-state index < -0.39 is 0 Å². The summed E-state index contributed by atoms with van der Waals surface area (Å²) in [6, 6.07) is 9.74. The predicted molar refractivity (Wildman–Crippen MR) is 94.7 cm³/mol. The van der Waals surface area contributed by atoms with Crippen molar-refractivity contribution in [2.24, 2.45) is 7.05 Å². The minimum absolute atomic E-state index is 0.00308. The molecule has 1 aromatic carbocycles. The second-order valence-electron chi connectivity index (χ2n) is 5.25. The van der Waals surface area contributed by atoms with Gasteiger partial charge in [-0.1, -0.05) is 23.9 Å². The van der Waals surface area contributed by atoms with Gasteiger partial charge in [-0.25, -0.2) is 4.98 Å². The van der Waals surface area contributed by atoms with E-state index in [9.17, 15) is 4.79 Å². The third-order valence-corrected chi connectivity index (χ3v) is 5.32. The van der Waals surface area contributed by atoms with Crippen molar-refractivity contribution in [3.63, 3.8) is 0 Å². The van der Waals surface area contributed by atoms with Crippen molar-refractivity contribution in [3.8, 4) is 0 Å². The highest BCUT2D eigenvalue weighted by Gasteiger charge is 2.11. The summed E-state index contributed by atoms with van der Waals surface area (Å²) < 4.78 is 2.51. The van der Waals surface area contributed by atoms with Crippen molar-refractivity contribution in [1.29, 1.82) is 0 Å². The van der Waals surface area contributed by atoms with E-state index in [2.05, 4.69) is 33.9 Å². The molecule has 0 unspecified atom stereocenters. The standard InChI is InChI=1S/C17H15BrN2OS/c1-10-5-4-6-12-17(10)13(8-16(21)20(12)3)22-14-9-19-15(18)7-11(14)2/h4-9H,1-3H3. The molecular formula is C17H15BrN2OS. The molecule has 5 heteroatoms. The topological polar surface area (TPSA) is 34.9 Å². The molecule has 0 aliphatic rings. The second kappa shape index (κ2) is 5.89. The van der Waals surface area contributed by atoms with E-state index in [0.717, 1.165) is 30.9 Å². The van der Waals surface area contributed by atoms with Crippen LogP contribution in [0, 0.1) is 13.8 Å². The van der Waals surface area contributed by atoms with E-state index in [1.807, 2.05) is 38.4 Å².